The average Bonchev–Trinajstić information content (AvgIpc) is 3.20. The third kappa shape index (κ3) is 4.50. The Morgan fingerprint density at radius 1 is 0.897 bits per heavy atom. The molecule has 29 heavy (non-hydrogen) atoms. The molecule has 0 spiro atoms. The summed E-state index contributed by atoms with van der Waals surface area (Å²) in [6.45, 7) is 2.01. The van der Waals surface area contributed by atoms with Gasteiger partial charge < -0.3 is 5.32 Å². The van der Waals surface area contributed by atoms with E-state index < -0.39 is 0 Å². The summed E-state index contributed by atoms with van der Waals surface area (Å²) in [7, 11) is 0. The standard InChI is InChI=1S/C25H21N3O/c1-19-12-15-22(16-13-19)26-24(29)17-14-21-18-28(23-10-6-3-7-11-23)27-25(21)20-8-4-2-5-9-20/h2-18H,1H3,(H,26,29)/b17-14-. The number of carbonyl (C=O) groups excluding carboxylic acids is 1. The molecular formula is C25H21N3O. The summed E-state index contributed by atoms with van der Waals surface area (Å²) in [5, 5.41) is 7.64. The van der Waals surface area contributed by atoms with E-state index in [0.717, 1.165) is 33.8 Å². The van der Waals surface area contributed by atoms with Crippen LogP contribution in [0, 0.1) is 6.92 Å². The quantitative estimate of drug-likeness (QED) is 0.466. The summed E-state index contributed by atoms with van der Waals surface area (Å²) in [5.74, 6) is -0.180. The highest BCUT2D eigenvalue weighted by molar-refractivity contribution is 6.02. The molecule has 1 N–H and O–H groups in total. The third-order valence-corrected chi connectivity index (χ3v) is 4.54. The Hall–Kier alpha value is -3.92. The van der Waals surface area contributed by atoms with Crippen molar-refractivity contribution in [3.05, 3.63) is 108 Å². The largest absolute Gasteiger partial charge is 0.323 e. The highest BCUT2D eigenvalue weighted by Crippen LogP contribution is 2.24. The SMILES string of the molecule is Cc1ccc(NC(=O)/C=C\c2cn(-c3ccccc3)nc2-c2ccccc2)cc1. The van der Waals surface area contributed by atoms with E-state index in [4.69, 9.17) is 5.10 Å². The Balaban J connectivity index is 1.63. The van der Waals surface area contributed by atoms with E-state index in [0.29, 0.717) is 0 Å². The number of aromatic nitrogens is 2. The van der Waals surface area contributed by atoms with Gasteiger partial charge in [0.1, 0.15) is 0 Å². The number of amides is 1. The molecule has 4 nitrogen and oxygen atoms in total. The fraction of sp³-hybridized carbons (Fsp3) is 0.0400. The lowest BCUT2D eigenvalue weighted by Crippen LogP contribution is -2.07. The van der Waals surface area contributed by atoms with Crippen molar-refractivity contribution in [2.45, 2.75) is 6.92 Å². The molecule has 4 rings (SSSR count). The van der Waals surface area contributed by atoms with Crippen LogP contribution in [0.15, 0.2) is 97.2 Å². The number of nitrogens with one attached hydrogen (secondary N) is 1. The topological polar surface area (TPSA) is 46.9 Å². The molecule has 3 aromatic carbocycles. The van der Waals surface area contributed by atoms with Gasteiger partial charge in [0, 0.05) is 29.1 Å². The van der Waals surface area contributed by atoms with Crippen molar-refractivity contribution in [1.82, 2.24) is 9.78 Å². The second kappa shape index (κ2) is 8.40. The van der Waals surface area contributed by atoms with E-state index in [-0.39, 0.29) is 5.91 Å². The minimum Gasteiger partial charge on any atom is -0.323 e. The normalized spacial score (nSPS) is 10.9. The number of carbonyl (C=O) groups is 1. The Kier molecular flexibility index (Phi) is 5.34. The lowest BCUT2D eigenvalue weighted by atomic mass is 10.1. The molecule has 142 valence electrons. The van der Waals surface area contributed by atoms with E-state index in [1.807, 2.05) is 103 Å². The molecule has 1 heterocycles. The van der Waals surface area contributed by atoms with Gasteiger partial charge in [-0.05, 0) is 37.3 Å². The van der Waals surface area contributed by atoms with E-state index in [1.54, 1.807) is 12.2 Å². The number of nitrogens with zero attached hydrogens (tertiary/aromatic N) is 2. The Morgan fingerprint density at radius 3 is 2.24 bits per heavy atom. The van der Waals surface area contributed by atoms with Crippen LogP contribution in [0.25, 0.3) is 23.0 Å². The van der Waals surface area contributed by atoms with Crippen molar-refractivity contribution in [2.75, 3.05) is 5.32 Å². The first-order valence-electron chi connectivity index (χ1n) is 9.45. The molecule has 4 heteroatoms. The first-order chi connectivity index (χ1) is 14.2. The zero-order valence-electron chi connectivity index (χ0n) is 16.1. The van der Waals surface area contributed by atoms with Gasteiger partial charge in [0.25, 0.3) is 0 Å². The van der Waals surface area contributed by atoms with Gasteiger partial charge in [0.15, 0.2) is 0 Å². The minimum atomic E-state index is -0.180. The molecule has 0 bridgehead atoms. The Labute approximate surface area is 170 Å². The van der Waals surface area contributed by atoms with E-state index in [9.17, 15) is 4.79 Å². The van der Waals surface area contributed by atoms with Crippen molar-refractivity contribution >= 4 is 17.7 Å². The number of hydrogen-bond acceptors (Lipinski definition) is 2. The number of para-hydroxylation sites is 1. The van der Waals surface area contributed by atoms with Crippen LogP contribution in [0.2, 0.25) is 0 Å². The number of aryl methyl sites for hydroxylation is 1. The van der Waals surface area contributed by atoms with Crippen LogP contribution in [0.1, 0.15) is 11.1 Å². The molecule has 0 aliphatic heterocycles. The maximum atomic E-state index is 12.4. The van der Waals surface area contributed by atoms with Crippen molar-refractivity contribution in [2.24, 2.45) is 0 Å². The van der Waals surface area contributed by atoms with Crippen LogP contribution in [0.4, 0.5) is 5.69 Å². The van der Waals surface area contributed by atoms with Gasteiger partial charge in [-0.3, -0.25) is 4.79 Å². The molecule has 0 aliphatic rings. The highest BCUT2D eigenvalue weighted by Gasteiger charge is 2.10. The number of anilines is 1. The van der Waals surface area contributed by atoms with Crippen molar-refractivity contribution in [3.63, 3.8) is 0 Å². The summed E-state index contributed by atoms with van der Waals surface area (Å²) in [6, 6.07) is 27.6. The van der Waals surface area contributed by atoms with Crippen LogP contribution >= 0.6 is 0 Å². The van der Waals surface area contributed by atoms with Gasteiger partial charge in [-0.1, -0.05) is 66.2 Å². The average molecular weight is 379 g/mol. The molecular weight excluding hydrogens is 358 g/mol. The smallest absolute Gasteiger partial charge is 0.248 e. The first kappa shape index (κ1) is 18.4. The van der Waals surface area contributed by atoms with Crippen LogP contribution in [0.3, 0.4) is 0 Å². The van der Waals surface area contributed by atoms with Crippen LogP contribution < -0.4 is 5.32 Å². The summed E-state index contributed by atoms with van der Waals surface area (Å²) < 4.78 is 1.83. The monoisotopic (exact) mass is 379 g/mol. The molecule has 0 unspecified atom stereocenters. The van der Waals surface area contributed by atoms with Crippen LogP contribution in [-0.2, 0) is 4.79 Å². The molecule has 0 atom stereocenters. The lowest BCUT2D eigenvalue weighted by Gasteiger charge is -2.02. The molecule has 1 aromatic heterocycles. The first-order valence-corrected chi connectivity index (χ1v) is 9.45. The predicted molar refractivity (Wildman–Crippen MR) is 118 cm³/mol. The maximum absolute atomic E-state index is 12.4. The molecule has 0 fully saturated rings. The number of hydrogen-bond donors (Lipinski definition) is 1. The molecule has 0 saturated carbocycles. The predicted octanol–water partition coefficient (Wildman–Crippen LogP) is 5.50. The molecule has 0 saturated heterocycles. The zero-order chi connectivity index (χ0) is 20.1. The van der Waals surface area contributed by atoms with Gasteiger partial charge in [0.05, 0.1) is 11.4 Å². The van der Waals surface area contributed by atoms with Gasteiger partial charge in [-0.25, -0.2) is 4.68 Å². The van der Waals surface area contributed by atoms with Crippen molar-refractivity contribution < 1.29 is 4.79 Å². The summed E-state index contributed by atoms with van der Waals surface area (Å²) in [6.07, 6.45) is 5.28. The van der Waals surface area contributed by atoms with Crippen LogP contribution in [0.5, 0.6) is 0 Å². The Bertz CT molecular complexity index is 1130. The molecule has 0 radical (unpaired) electrons. The summed E-state index contributed by atoms with van der Waals surface area (Å²) in [4.78, 5) is 12.4. The molecule has 4 aromatic rings. The van der Waals surface area contributed by atoms with Crippen molar-refractivity contribution in [1.29, 1.82) is 0 Å². The van der Waals surface area contributed by atoms with Crippen molar-refractivity contribution in [3.8, 4) is 16.9 Å². The van der Waals surface area contributed by atoms with E-state index in [1.165, 1.54) is 0 Å². The summed E-state index contributed by atoms with van der Waals surface area (Å²) >= 11 is 0. The Morgan fingerprint density at radius 2 is 1.55 bits per heavy atom. The lowest BCUT2D eigenvalue weighted by molar-refractivity contribution is -0.111. The van der Waals surface area contributed by atoms with Crippen LogP contribution in [-0.4, -0.2) is 15.7 Å². The minimum absolute atomic E-state index is 0.180. The fourth-order valence-electron chi connectivity index (χ4n) is 3.03. The molecule has 0 aliphatic carbocycles. The fourth-order valence-corrected chi connectivity index (χ4v) is 3.03. The summed E-state index contributed by atoms with van der Waals surface area (Å²) in [5.41, 5.74) is 5.59. The van der Waals surface area contributed by atoms with Gasteiger partial charge in [-0.15, -0.1) is 0 Å². The second-order valence-electron chi connectivity index (χ2n) is 6.77. The molecule has 1 amide bonds. The van der Waals surface area contributed by atoms with Gasteiger partial charge in [0.2, 0.25) is 5.91 Å². The van der Waals surface area contributed by atoms with E-state index >= 15 is 0 Å². The van der Waals surface area contributed by atoms with E-state index in [2.05, 4.69) is 5.32 Å². The maximum Gasteiger partial charge on any atom is 0.248 e. The van der Waals surface area contributed by atoms with Gasteiger partial charge in [-0.2, -0.15) is 5.10 Å². The zero-order valence-corrected chi connectivity index (χ0v) is 16.1. The second-order valence-corrected chi connectivity index (χ2v) is 6.77. The van der Waals surface area contributed by atoms with Gasteiger partial charge >= 0.3 is 0 Å². The number of rotatable bonds is 5. The number of benzene rings is 3. The third-order valence-electron chi connectivity index (χ3n) is 4.54. The highest BCUT2D eigenvalue weighted by atomic mass is 16.1.